The Hall–Kier alpha value is -1.06. The molecule has 2 aliphatic rings. The minimum atomic E-state index is -0.0121. The average molecular weight is 210 g/mol. The summed E-state index contributed by atoms with van der Waals surface area (Å²) >= 11 is 0. The molecule has 1 atom stereocenters. The van der Waals surface area contributed by atoms with Crippen LogP contribution < -0.4 is 10.6 Å². The summed E-state index contributed by atoms with van der Waals surface area (Å²) in [6, 6.07) is 0. The van der Waals surface area contributed by atoms with Gasteiger partial charge in [0.05, 0.1) is 5.92 Å². The zero-order valence-electron chi connectivity index (χ0n) is 8.92. The molecule has 1 aliphatic carbocycles. The molecule has 0 radical (unpaired) electrons. The van der Waals surface area contributed by atoms with Crippen LogP contribution in [0.25, 0.3) is 0 Å². The van der Waals surface area contributed by atoms with Crippen molar-refractivity contribution in [1.82, 2.24) is 10.6 Å². The van der Waals surface area contributed by atoms with Crippen LogP contribution in [0.3, 0.4) is 0 Å². The normalized spacial score (nSPS) is 25.9. The number of hydrogen-bond donors (Lipinski definition) is 2. The Bertz CT molecular complexity index is 251. The SMILES string of the molecule is O=C1CCC(C(=O)NCCC2CC2)CN1. The fourth-order valence-electron chi connectivity index (χ4n) is 1.91. The Labute approximate surface area is 89.8 Å². The number of rotatable bonds is 4. The highest BCUT2D eigenvalue weighted by Crippen LogP contribution is 2.31. The first kappa shape index (κ1) is 10.5. The highest BCUT2D eigenvalue weighted by molar-refractivity contribution is 5.83. The van der Waals surface area contributed by atoms with E-state index in [1.165, 1.54) is 12.8 Å². The maximum absolute atomic E-state index is 11.6. The van der Waals surface area contributed by atoms with Gasteiger partial charge in [-0.2, -0.15) is 0 Å². The molecule has 1 heterocycles. The average Bonchev–Trinajstić information content (AvgIpc) is 3.02. The van der Waals surface area contributed by atoms with Gasteiger partial charge in [0, 0.05) is 19.5 Å². The smallest absolute Gasteiger partial charge is 0.224 e. The Balaban J connectivity index is 1.63. The summed E-state index contributed by atoms with van der Waals surface area (Å²) in [6.07, 6.45) is 4.96. The maximum atomic E-state index is 11.6. The molecule has 15 heavy (non-hydrogen) atoms. The predicted molar refractivity (Wildman–Crippen MR) is 56.1 cm³/mol. The van der Waals surface area contributed by atoms with Gasteiger partial charge < -0.3 is 10.6 Å². The summed E-state index contributed by atoms with van der Waals surface area (Å²) in [5, 5.41) is 5.67. The Morgan fingerprint density at radius 3 is 2.80 bits per heavy atom. The van der Waals surface area contributed by atoms with E-state index >= 15 is 0 Å². The highest BCUT2D eigenvalue weighted by atomic mass is 16.2. The molecule has 1 saturated carbocycles. The van der Waals surface area contributed by atoms with Crippen molar-refractivity contribution in [2.45, 2.75) is 32.1 Å². The first-order valence-corrected chi connectivity index (χ1v) is 5.80. The van der Waals surface area contributed by atoms with Gasteiger partial charge in [-0.3, -0.25) is 9.59 Å². The molecule has 2 N–H and O–H groups in total. The van der Waals surface area contributed by atoms with Gasteiger partial charge in [-0.15, -0.1) is 0 Å². The summed E-state index contributed by atoms with van der Waals surface area (Å²) in [7, 11) is 0. The second-order valence-electron chi connectivity index (χ2n) is 4.56. The lowest BCUT2D eigenvalue weighted by Crippen LogP contribution is -2.43. The van der Waals surface area contributed by atoms with E-state index in [0.29, 0.717) is 19.4 Å². The van der Waals surface area contributed by atoms with Crippen LogP contribution in [0.4, 0.5) is 0 Å². The molecule has 1 saturated heterocycles. The van der Waals surface area contributed by atoms with E-state index in [0.717, 1.165) is 18.9 Å². The zero-order valence-corrected chi connectivity index (χ0v) is 8.92. The van der Waals surface area contributed by atoms with Crippen LogP contribution in [0.5, 0.6) is 0 Å². The molecule has 0 aromatic carbocycles. The van der Waals surface area contributed by atoms with Crippen LogP contribution in [0.15, 0.2) is 0 Å². The fraction of sp³-hybridized carbons (Fsp3) is 0.818. The zero-order chi connectivity index (χ0) is 10.7. The summed E-state index contributed by atoms with van der Waals surface area (Å²) in [5.74, 6) is 1.02. The van der Waals surface area contributed by atoms with E-state index in [9.17, 15) is 9.59 Å². The van der Waals surface area contributed by atoms with Gasteiger partial charge in [-0.1, -0.05) is 12.8 Å². The van der Waals surface area contributed by atoms with Gasteiger partial charge in [-0.25, -0.2) is 0 Å². The number of piperidine rings is 1. The molecule has 1 aliphatic heterocycles. The predicted octanol–water partition coefficient (Wildman–Crippen LogP) is 0.429. The van der Waals surface area contributed by atoms with E-state index in [4.69, 9.17) is 0 Å². The standard InChI is InChI=1S/C11H18N2O2/c14-10-4-3-9(7-13-10)11(15)12-6-5-8-1-2-8/h8-9H,1-7H2,(H,12,15)(H,13,14). The van der Waals surface area contributed by atoms with Crippen LogP contribution in [0.1, 0.15) is 32.1 Å². The third kappa shape index (κ3) is 3.22. The minimum Gasteiger partial charge on any atom is -0.356 e. The summed E-state index contributed by atoms with van der Waals surface area (Å²) < 4.78 is 0. The molecule has 84 valence electrons. The highest BCUT2D eigenvalue weighted by Gasteiger charge is 2.25. The van der Waals surface area contributed by atoms with Crippen molar-refractivity contribution >= 4 is 11.8 Å². The van der Waals surface area contributed by atoms with Gasteiger partial charge in [0.15, 0.2) is 0 Å². The van der Waals surface area contributed by atoms with Crippen LogP contribution in [-0.2, 0) is 9.59 Å². The van der Waals surface area contributed by atoms with Crippen LogP contribution >= 0.6 is 0 Å². The van der Waals surface area contributed by atoms with E-state index in [1.807, 2.05) is 0 Å². The van der Waals surface area contributed by atoms with Crippen LogP contribution in [0.2, 0.25) is 0 Å². The molecule has 0 aromatic heterocycles. The number of carbonyl (C=O) groups is 2. The minimum absolute atomic E-state index is 0.0121. The van der Waals surface area contributed by atoms with E-state index < -0.39 is 0 Å². The largest absolute Gasteiger partial charge is 0.356 e. The quantitative estimate of drug-likeness (QED) is 0.707. The third-order valence-electron chi connectivity index (χ3n) is 3.19. The summed E-state index contributed by atoms with van der Waals surface area (Å²) in [6.45, 7) is 1.31. The number of hydrogen-bond acceptors (Lipinski definition) is 2. The molecule has 1 unspecified atom stereocenters. The lowest BCUT2D eigenvalue weighted by atomic mass is 9.98. The van der Waals surface area contributed by atoms with Crippen molar-refractivity contribution in [3.8, 4) is 0 Å². The van der Waals surface area contributed by atoms with E-state index in [1.54, 1.807) is 0 Å². The maximum Gasteiger partial charge on any atom is 0.224 e. The van der Waals surface area contributed by atoms with E-state index in [-0.39, 0.29) is 17.7 Å². The Morgan fingerprint density at radius 2 is 2.20 bits per heavy atom. The molecule has 2 amide bonds. The summed E-state index contributed by atoms with van der Waals surface area (Å²) in [4.78, 5) is 22.5. The molecule has 2 rings (SSSR count). The molecule has 0 spiro atoms. The van der Waals surface area contributed by atoms with Crippen molar-refractivity contribution in [3.05, 3.63) is 0 Å². The monoisotopic (exact) mass is 210 g/mol. The number of nitrogens with one attached hydrogen (secondary N) is 2. The molecule has 2 fully saturated rings. The van der Waals surface area contributed by atoms with Crippen molar-refractivity contribution in [3.63, 3.8) is 0 Å². The lowest BCUT2D eigenvalue weighted by Gasteiger charge is -2.21. The van der Waals surface area contributed by atoms with Crippen LogP contribution in [0, 0.1) is 11.8 Å². The van der Waals surface area contributed by atoms with Gasteiger partial charge in [0.25, 0.3) is 0 Å². The first-order chi connectivity index (χ1) is 7.25. The number of carbonyl (C=O) groups excluding carboxylic acids is 2. The first-order valence-electron chi connectivity index (χ1n) is 5.80. The van der Waals surface area contributed by atoms with Gasteiger partial charge >= 0.3 is 0 Å². The van der Waals surface area contributed by atoms with E-state index in [2.05, 4.69) is 10.6 Å². The second-order valence-corrected chi connectivity index (χ2v) is 4.56. The van der Waals surface area contributed by atoms with Crippen LogP contribution in [-0.4, -0.2) is 24.9 Å². The Morgan fingerprint density at radius 1 is 1.40 bits per heavy atom. The van der Waals surface area contributed by atoms with Crippen molar-refractivity contribution in [2.75, 3.05) is 13.1 Å². The van der Waals surface area contributed by atoms with Crippen molar-refractivity contribution < 1.29 is 9.59 Å². The lowest BCUT2D eigenvalue weighted by molar-refractivity contribution is -0.128. The molecule has 4 nitrogen and oxygen atoms in total. The van der Waals surface area contributed by atoms with Gasteiger partial charge in [0.1, 0.15) is 0 Å². The van der Waals surface area contributed by atoms with Crippen molar-refractivity contribution in [2.24, 2.45) is 11.8 Å². The molecular formula is C11H18N2O2. The molecular weight excluding hydrogens is 192 g/mol. The third-order valence-corrected chi connectivity index (χ3v) is 3.19. The molecule has 0 aromatic rings. The topological polar surface area (TPSA) is 58.2 Å². The molecule has 0 bridgehead atoms. The summed E-state index contributed by atoms with van der Waals surface area (Å²) in [5.41, 5.74) is 0. The van der Waals surface area contributed by atoms with Gasteiger partial charge in [-0.05, 0) is 18.8 Å². The second kappa shape index (κ2) is 4.64. The fourth-order valence-corrected chi connectivity index (χ4v) is 1.91. The molecule has 4 heteroatoms. The Kier molecular flexibility index (Phi) is 3.23. The van der Waals surface area contributed by atoms with Crippen molar-refractivity contribution in [1.29, 1.82) is 0 Å². The number of amides is 2. The van der Waals surface area contributed by atoms with Gasteiger partial charge in [0.2, 0.25) is 11.8 Å².